The molecule has 8 heavy (non-hydrogen) atoms. The molecule has 0 unspecified atom stereocenters. The van der Waals surface area contributed by atoms with Crippen LogP contribution >= 0.6 is 0 Å². The molecule has 5 nitrogen and oxygen atoms in total. The maximum atomic E-state index is 6.56. The van der Waals surface area contributed by atoms with E-state index in [9.17, 15) is 0 Å². The zero-order valence-corrected chi connectivity index (χ0v) is 4.78. The minimum Gasteiger partial charge on any atom is -0.312 e. The molecule has 0 radical (unpaired) electrons. The van der Waals surface area contributed by atoms with Crippen molar-refractivity contribution in [3.63, 3.8) is 0 Å². The first-order valence-electron chi connectivity index (χ1n) is 2.30. The fourth-order valence-electron chi connectivity index (χ4n) is 0.209. The Bertz CT molecular complexity index is 53.6. The second-order valence-corrected chi connectivity index (χ2v) is 1.09. The van der Waals surface area contributed by atoms with Crippen molar-refractivity contribution >= 4 is 6.21 Å². The van der Waals surface area contributed by atoms with Gasteiger partial charge in [-0.3, -0.25) is 0 Å². The van der Waals surface area contributed by atoms with E-state index in [1.165, 1.54) is 6.21 Å². The van der Waals surface area contributed by atoms with Crippen LogP contribution in [0.1, 0.15) is 0 Å². The predicted octanol–water partition coefficient (Wildman–Crippen LogP) is -1.63. The summed E-state index contributed by atoms with van der Waals surface area (Å²) in [6, 6.07) is 0. The van der Waals surface area contributed by atoms with Crippen molar-refractivity contribution in [3.8, 4) is 0 Å². The molecule has 0 saturated heterocycles. The summed E-state index contributed by atoms with van der Waals surface area (Å²) in [5, 5.41) is 6.56. The lowest BCUT2D eigenvalue weighted by Gasteiger charge is -2.02. The maximum absolute atomic E-state index is 6.56. The Morgan fingerprint density at radius 2 is 2.25 bits per heavy atom. The van der Waals surface area contributed by atoms with E-state index in [2.05, 4.69) is 21.9 Å². The average Bonchev–Trinajstić information content (AvgIpc) is 1.81. The molecule has 5 heteroatoms. The quantitative estimate of drug-likeness (QED) is 0.170. The van der Waals surface area contributed by atoms with Gasteiger partial charge >= 0.3 is 0 Å². The van der Waals surface area contributed by atoms with E-state index in [1.54, 1.807) is 7.05 Å². The van der Waals surface area contributed by atoms with Crippen molar-refractivity contribution in [1.29, 1.82) is 5.41 Å². The molecule has 0 aromatic rings. The van der Waals surface area contributed by atoms with Crippen LogP contribution < -0.4 is 21.9 Å². The summed E-state index contributed by atoms with van der Waals surface area (Å²) < 4.78 is 0. The van der Waals surface area contributed by atoms with Crippen molar-refractivity contribution in [1.82, 2.24) is 21.9 Å². The van der Waals surface area contributed by atoms with Gasteiger partial charge in [0.25, 0.3) is 0 Å². The molecule has 5 N–H and O–H groups in total. The molecule has 0 aliphatic heterocycles. The molecule has 0 amide bonds. The van der Waals surface area contributed by atoms with Crippen molar-refractivity contribution < 1.29 is 0 Å². The summed E-state index contributed by atoms with van der Waals surface area (Å²) in [6.07, 6.45) is 1.25. The van der Waals surface area contributed by atoms with Crippen LogP contribution in [-0.2, 0) is 0 Å². The molecule has 0 spiro atoms. The summed E-state index contributed by atoms with van der Waals surface area (Å²) in [5.74, 6) is 0. The fraction of sp³-hybridized carbons (Fsp3) is 0.667. The number of hydrazine groups is 3. The van der Waals surface area contributed by atoms with Gasteiger partial charge in [0.2, 0.25) is 0 Å². The lowest BCUT2D eigenvalue weighted by Crippen LogP contribution is -2.49. The SMILES string of the molecule is CNNNNCC=N. The Morgan fingerprint density at radius 3 is 2.75 bits per heavy atom. The number of rotatable bonds is 5. The van der Waals surface area contributed by atoms with Crippen LogP contribution in [0.25, 0.3) is 0 Å². The highest BCUT2D eigenvalue weighted by atomic mass is 15.7. The number of hydrogen-bond donors (Lipinski definition) is 5. The van der Waals surface area contributed by atoms with Gasteiger partial charge in [-0.15, -0.1) is 0 Å². The van der Waals surface area contributed by atoms with Crippen LogP contribution in [-0.4, -0.2) is 19.8 Å². The van der Waals surface area contributed by atoms with E-state index in [0.717, 1.165) is 0 Å². The lowest BCUT2D eigenvalue weighted by atomic mass is 10.8. The minimum absolute atomic E-state index is 0.509. The third-order valence-corrected chi connectivity index (χ3v) is 0.480. The van der Waals surface area contributed by atoms with Crippen molar-refractivity contribution in [2.24, 2.45) is 0 Å². The largest absolute Gasteiger partial charge is 0.312 e. The van der Waals surface area contributed by atoms with Gasteiger partial charge in [-0.25, -0.2) is 10.9 Å². The minimum atomic E-state index is 0.509. The van der Waals surface area contributed by atoms with Crippen molar-refractivity contribution in [2.75, 3.05) is 13.6 Å². The van der Waals surface area contributed by atoms with Gasteiger partial charge in [-0.1, -0.05) is 0 Å². The highest BCUT2D eigenvalue weighted by Gasteiger charge is 1.72. The van der Waals surface area contributed by atoms with Gasteiger partial charge in [0.15, 0.2) is 0 Å². The zero-order chi connectivity index (χ0) is 6.24. The first-order chi connectivity index (χ1) is 3.91. The molecule has 0 aromatic carbocycles. The molecule has 0 rings (SSSR count). The van der Waals surface area contributed by atoms with Gasteiger partial charge in [-0.05, 0) is 7.05 Å². The number of hydrogen-bond acceptors (Lipinski definition) is 5. The molecule has 0 aliphatic rings. The van der Waals surface area contributed by atoms with Crippen molar-refractivity contribution in [2.45, 2.75) is 0 Å². The summed E-state index contributed by atoms with van der Waals surface area (Å²) in [7, 11) is 1.74. The van der Waals surface area contributed by atoms with Gasteiger partial charge in [0.05, 0.1) is 0 Å². The van der Waals surface area contributed by atoms with E-state index in [1.807, 2.05) is 0 Å². The second-order valence-electron chi connectivity index (χ2n) is 1.09. The summed E-state index contributed by atoms with van der Waals surface area (Å²) in [4.78, 5) is 0. The van der Waals surface area contributed by atoms with Crippen LogP contribution in [0.3, 0.4) is 0 Å². The van der Waals surface area contributed by atoms with Gasteiger partial charge < -0.3 is 5.41 Å². The van der Waals surface area contributed by atoms with Gasteiger partial charge in [0, 0.05) is 12.8 Å². The fourth-order valence-corrected chi connectivity index (χ4v) is 0.209. The summed E-state index contributed by atoms with van der Waals surface area (Å²) in [5.41, 5.74) is 10.4. The molecule has 0 aromatic heterocycles. The zero-order valence-electron chi connectivity index (χ0n) is 4.78. The molecule has 48 valence electrons. The first-order valence-corrected chi connectivity index (χ1v) is 2.30. The van der Waals surface area contributed by atoms with Crippen molar-refractivity contribution in [3.05, 3.63) is 0 Å². The van der Waals surface area contributed by atoms with E-state index in [-0.39, 0.29) is 0 Å². The third-order valence-electron chi connectivity index (χ3n) is 0.480. The average molecular weight is 117 g/mol. The second kappa shape index (κ2) is 6.51. The summed E-state index contributed by atoms with van der Waals surface area (Å²) in [6.45, 7) is 0.509. The van der Waals surface area contributed by atoms with Crippen LogP contribution in [0.5, 0.6) is 0 Å². The molecule has 0 saturated carbocycles. The monoisotopic (exact) mass is 117 g/mol. The lowest BCUT2D eigenvalue weighted by molar-refractivity contribution is 0.411. The molecule has 0 heterocycles. The van der Waals surface area contributed by atoms with Crippen LogP contribution in [0.15, 0.2) is 0 Å². The maximum Gasteiger partial charge on any atom is 0.0461 e. The van der Waals surface area contributed by atoms with E-state index in [4.69, 9.17) is 5.41 Å². The van der Waals surface area contributed by atoms with Crippen LogP contribution in [0.4, 0.5) is 0 Å². The highest BCUT2D eigenvalue weighted by molar-refractivity contribution is 5.55. The highest BCUT2D eigenvalue weighted by Crippen LogP contribution is 1.36. The number of nitrogens with one attached hydrogen (secondary N) is 5. The Labute approximate surface area is 48.3 Å². The predicted molar refractivity (Wildman–Crippen MR) is 32.1 cm³/mol. The Balaban J connectivity index is 2.62. The molecule has 0 aliphatic carbocycles. The standard InChI is InChI=1S/C3H11N5/c1-5-7-8-6-3-2-4/h2,4-8H,3H2,1H3. The van der Waals surface area contributed by atoms with Crippen LogP contribution in [0, 0.1) is 5.41 Å². The smallest absolute Gasteiger partial charge is 0.0461 e. The molecule has 0 bridgehead atoms. The van der Waals surface area contributed by atoms with E-state index in [0.29, 0.717) is 6.54 Å². The molecular weight excluding hydrogens is 106 g/mol. The van der Waals surface area contributed by atoms with E-state index >= 15 is 0 Å². The topological polar surface area (TPSA) is 72.0 Å². The Kier molecular flexibility index (Phi) is 6.11. The Hall–Kier alpha value is -0.490. The van der Waals surface area contributed by atoms with Gasteiger partial charge in [0.1, 0.15) is 0 Å². The molecular formula is C3H11N5. The first kappa shape index (κ1) is 7.51. The van der Waals surface area contributed by atoms with Gasteiger partial charge in [-0.2, -0.15) is 11.1 Å². The van der Waals surface area contributed by atoms with Crippen LogP contribution in [0.2, 0.25) is 0 Å². The molecule has 0 fully saturated rings. The third kappa shape index (κ3) is 5.51. The Morgan fingerprint density at radius 1 is 1.50 bits per heavy atom. The van der Waals surface area contributed by atoms with E-state index < -0.39 is 0 Å². The molecule has 0 atom stereocenters. The summed E-state index contributed by atoms with van der Waals surface area (Å²) >= 11 is 0. The normalized spacial score (nSPS) is 9.12.